The second kappa shape index (κ2) is 6.73. The summed E-state index contributed by atoms with van der Waals surface area (Å²) in [6.07, 6.45) is -2.59. The van der Waals surface area contributed by atoms with Crippen LogP contribution < -0.4 is 0 Å². The van der Waals surface area contributed by atoms with Crippen LogP contribution in [-0.4, -0.2) is 55.8 Å². The number of carbonyl (C=O) groups is 1. The highest BCUT2D eigenvalue weighted by Gasteiger charge is 2.16. The van der Waals surface area contributed by atoms with E-state index in [1.165, 1.54) is 7.11 Å². The fraction of sp³-hybridized carbons (Fsp3) is 0.857. The molecule has 0 aromatic carbocycles. The molecule has 0 aliphatic heterocycles. The molecule has 0 bridgehead atoms. The van der Waals surface area contributed by atoms with Crippen molar-refractivity contribution >= 4 is 5.91 Å². The smallest absolute Gasteiger partial charge is 0.255 e. The number of carbonyl (C=O) groups excluding carboxylic acids is 1. The molecule has 0 aliphatic rings. The van der Waals surface area contributed by atoms with Crippen molar-refractivity contribution in [2.45, 2.75) is 6.43 Å². The molecule has 0 spiro atoms. The van der Waals surface area contributed by atoms with E-state index in [0.717, 1.165) is 4.90 Å². The summed E-state index contributed by atoms with van der Waals surface area (Å²) in [6, 6.07) is 0. The maximum absolute atomic E-state index is 11.9. The molecule has 0 fully saturated rings. The van der Waals surface area contributed by atoms with Crippen LogP contribution in [0.25, 0.3) is 0 Å². The van der Waals surface area contributed by atoms with E-state index < -0.39 is 18.9 Å². The number of alkyl halides is 2. The van der Waals surface area contributed by atoms with Gasteiger partial charge >= 0.3 is 0 Å². The van der Waals surface area contributed by atoms with Crippen molar-refractivity contribution in [2.24, 2.45) is 0 Å². The highest BCUT2D eigenvalue weighted by molar-refractivity contribution is 5.77. The first-order valence-corrected chi connectivity index (χ1v) is 3.77. The van der Waals surface area contributed by atoms with Gasteiger partial charge in [0.2, 0.25) is 5.91 Å². The maximum Gasteiger partial charge on any atom is 0.255 e. The lowest BCUT2D eigenvalue weighted by atomic mass is 10.4. The lowest BCUT2D eigenvalue weighted by Crippen LogP contribution is -2.39. The van der Waals surface area contributed by atoms with Crippen LogP contribution in [0, 0.1) is 0 Å². The molecule has 6 heteroatoms. The zero-order valence-corrected chi connectivity index (χ0v) is 7.37. The molecule has 0 saturated carbocycles. The number of amides is 1. The number of aliphatic hydroxyl groups excluding tert-OH is 1. The van der Waals surface area contributed by atoms with E-state index in [-0.39, 0.29) is 19.8 Å². The summed E-state index contributed by atoms with van der Waals surface area (Å²) in [5, 5.41) is 8.49. The minimum absolute atomic E-state index is 0.0907. The van der Waals surface area contributed by atoms with Crippen molar-refractivity contribution in [1.29, 1.82) is 0 Å². The first-order chi connectivity index (χ1) is 6.11. The Hall–Kier alpha value is -0.750. The number of halogens is 2. The normalized spacial score (nSPS) is 10.5. The first kappa shape index (κ1) is 12.2. The van der Waals surface area contributed by atoms with Gasteiger partial charge in [-0.05, 0) is 0 Å². The second-order valence-electron chi connectivity index (χ2n) is 2.39. The van der Waals surface area contributed by atoms with Gasteiger partial charge in [-0.25, -0.2) is 8.78 Å². The number of ether oxygens (including phenoxy) is 1. The molecule has 0 saturated heterocycles. The Kier molecular flexibility index (Phi) is 6.34. The van der Waals surface area contributed by atoms with Crippen LogP contribution in [0.2, 0.25) is 0 Å². The Morgan fingerprint density at radius 2 is 2.23 bits per heavy atom. The topological polar surface area (TPSA) is 49.8 Å². The predicted octanol–water partition coefficient (Wildman–Crippen LogP) is -0.281. The standard InChI is InChI=1S/C7H13F2NO3/c1-13-5-7(12)10(2-3-11)4-6(8)9/h6,11H,2-5H2,1H3. The molecular formula is C7H13F2NO3. The molecule has 0 aromatic heterocycles. The molecule has 0 rings (SSSR count). The minimum Gasteiger partial charge on any atom is -0.395 e. The molecule has 1 amide bonds. The lowest BCUT2D eigenvalue weighted by Gasteiger charge is -2.20. The first-order valence-electron chi connectivity index (χ1n) is 3.77. The fourth-order valence-corrected chi connectivity index (χ4v) is 0.820. The van der Waals surface area contributed by atoms with E-state index in [9.17, 15) is 13.6 Å². The predicted molar refractivity (Wildman–Crippen MR) is 41.5 cm³/mol. The summed E-state index contributed by atoms with van der Waals surface area (Å²) >= 11 is 0. The summed E-state index contributed by atoms with van der Waals surface area (Å²) in [5.41, 5.74) is 0. The summed E-state index contributed by atoms with van der Waals surface area (Å²) in [5.74, 6) is -0.545. The van der Waals surface area contributed by atoms with E-state index in [4.69, 9.17) is 5.11 Å². The van der Waals surface area contributed by atoms with Gasteiger partial charge in [0.25, 0.3) is 6.43 Å². The van der Waals surface area contributed by atoms with Crippen molar-refractivity contribution in [3.63, 3.8) is 0 Å². The van der Waals surface area contributed by atoms with Gasteiger partial charge in [0, 0.05) is 13.7 Å². The third-order valence-electron chi connectivity index (χ3n) is 1.35. The largest absolute Gasteiger partial charge is 0.395 e. The maximum atomic E-state index is 11.9. The number of rotatable bonds is 6. The molecule has 4 nitrogen and oxygen atoms in total. The van der Waals surface area contributed by atoms with Crippen LogP contribution in [0.4, 0.5) is 8.78 Å². The average molecular weight is 197 g/mol. The third kappa shape index (κ3) is 5.48. The third-order valence-corrected chi connectivity index (χ3v) is 1.35. The summed E-state index contributed by atoms with van der Waals surface area (Å²) in [7, 11) is 1.30. The number of hydrogen-bond donors (Lipinski definition) is 1. The van der Waals surface area contributed by atoms with Crippen LogP contribution in [-0.2, 0) is 9.53 Å². The van der Waals surface area contributed by atoms with Crippen LogP contribution in [0.5, 0.6) is 0 Å². The van der Waals surface area contributed by atoms with Gasteiger partial charge in [-0.1, -0.05) is 0 Å². The van der Waals surface area contributed by atoms with Gasteiger partial charge in [-0.15, -0.1) is 0 Å². The zero-order chi connectivity index (χ0) is 10.3. The van der Waals surface area contributed by atoms with E-state index in [2.05, 4.69) is 4.74 Å². The van der Waals surface area contributed by atoms with Crippen LogP contribution in [0.3, 0.4) is 0 Å². The van der Waals surface area contributed by atoms with Crippen molar-refractivity contribution in [3.05, 3.63) is 0 Å². The SMILES string of the molecule is COCC(=O)N(CCO)CC(F)F. The van der Waals surface area contributed by atoms with Gasteiger partial charge in [0.15, 0.2) is 0 Å². The van der Waals surface area contributed by atoms with Crippen LogP contribution in [0.15, 0.2) is 0 Å². The van der Waals surface area contributed by atoms with Crippen molar-refractivity contribution < 1.29 is 23.4 Å². The van der Waals surface area contributed by atoms with Crippen molar-refractivity contribution in [1.82, 2.24) is 4.90 Å². The van der Waals surface area contributed by atoms with Gasteiger partial charge in [-0.3, -0.25) is 4.79 Å². The molecule has 0 unspecified atom stereocenters. The summed E-state index contributed by atoms with van der Waals surface area (Å²) < 4.78 is 28.3. The fourth-order valence-electron chi connectivity index (χ4n) is 0.820. The molecule has 78 valence electrons. The summed E-state index contributed by atoms with van der Waals surface area (Å²) in [6.45, 7) is -1.33. The van der Waals surface area contributed by atoms with E-state index in [0.29, 0.717) is 0 Å². The number of hydrogen-bond acceptors (Lipinski definition) is 3. The molecule has 0 heterocycles. The molecule has 1 N–H and O–H groups in total. The number of methoxy groups -OCH3 is 1. The molecule has 13 heavy (non-hydrogen) atoms. The lowest BCUT2D eigenvalue weighted by molar-refractivity contribution is -0.137. The quantitative estimate of drug-likeness (QED) is 0.637. The Bertz CT molecular complexity index is 155. The van der Waals surface area contributed by atoms with Crippen molar-refractivity contribution in [2.75, 3.05) is 33.4 Å². The van der Waals surface area contributed by atoms with Gasteiger partial charge < -0.3 is 14.7 Å². The van der Waals surface area contributed by atoms with Gasteiger partial charge in [0.1, 0.15) is 6.61 Å². The molecule has 0 aromatic rings. The van der Waals surface area contributed by atoms with Gasteiger partial charge in [0.05, 0.1) is 13.2 Å². The molecule has 0 aliphatic carbocycles. The van der Waals surface area contributed by atoms with Gasteiger partial charge in [-0.2, -0.15) is 0 Å². The van der Waals surface area contributed by atoms with Crippen LogP contribution in [0.1, 0.15) is 0 Å². The van der Waals surface area contributed by atoms with E-state index in [1.54, 1.807) is 0 Å². The van der Waals surface area contributed by atoms with E-state index in [1.807, 2.05) is 0 Å². The second-order valence-corrected chi connectivity index (χ2v) is 2.39. The summed E-state index contributed by atoms with van der Waals surface area (Å²) in [4.78, 5) is 11.9. The number of nitrogens with zero attached hydrogens (tertiary/aromatic N) is 1. The average Bonchev–Trinajstić information content (AvgIpc) is 2.03. The Labute approximate surface area is 75.1 Å². The Morgan fingerprint density at radius 1 is 1.62 bits per heavy atom. The van der Waals surface area contributed by atoms with Crippen LogP contribution >= 0.6 is 0 Å². The monoisotopic (exact) mass is 197 g/mol. The minimum atomic E-state index is -2.59. The highest BCUT2D eigenvalue weighted by Crippen LogP contribution is 1.98. The van der Waals surface area contributed by atoms with Crippen molar-refractivity contribution in [3.8, 4) is 0 Å². The molecular weight excluding hydrogens is 184 g/mol. The highest BCUT2D eigenvalue weighted by atomic mass is 19.3. The molecule has 0 atom stereocenters. The Balaban J connectivity index is 3.98. The molecule has 0 radical (unpaired) electrons. The Morgan fingerprint density at radius 3 is 2.62 bits per heavy atom. The zero-order valence-electron chi connectivity index (χ0n) is 7.37. The van der Waals surface area contributed by atoms with E-state index >= 15 is 0 Å². The number of aliphatic hydroxyl groups is 1.